The third kappa shape index (κ3) is 3.10. The van der Waals surface area contributed by atoms with Crippen LogP contribution in [-0.4, -0.2) is 12.1 Å². The molecule has 1 aliphatic rings. The molecule has 1 aliphatic carbocycles. The Hall–Kier alpha value is -1.19. The Kier molecular flexibility index (Phi) is 4.18. The van der Waals surface area contributed by atoms with Gasteiger partial charge in [0.2, 0.25) is 0 Å². The largest absolute Gasteiger partial charge is 0.311 e. The van der Waals surface area contributed by atoms with Crippen LogP contribution in [0, 0.1) is 5.82 Å². The number of nitrogens with one attached hydrogen (secondary N) is 1. The highest BCUT2D eigenvalue weighted by Crippen LogP contribution is 2.38. The molecule has 1 aromatic carbocycles. The molecule has 0 aliphatic heterocycles. The van der Waals surface area contributed by atoms with E-state index in [4.69, 9.17) is 0 Å². The Balaban J connectivity index is 1.47. The lowest BCUT2D eigenvalue weighted by molar-refractivity contribution is 0.264. The van der Waals surface area contributed by atoms with Gasteiger partial charge in [-0.05, 0) is 66.1 Å². The zero-order valence-corrected chi connectivity index (χ0v) is 12.5. The van der Waals surface area contributed by atoms with Gasteiger partial charge in [0, 0.05) is 12.1 Å². The quantitative estimate of drug-likeness (QED) is 0.862. The summed E-state index contributed by atoms with van der Waals surface area (Å²) in [6, 6.07) is 10.4. The van der Waals surface area contributed by atoms with Gasteiger partial charge in [0.05, 0.1) is 0 Å². The number of hydrogen-bond acceptors (Lipinski definition) is 2. The maximum atomic E-state index is 13.7. The van der Waals surface area contributed by atoms with E-state index in [-0.39, 0.29) is 5.82 Å². The number of halogens is 1. The monoisotopic (exact) mass is 289 g/mol. The minimum absolute atomic E-state index is 0.0535. The summed E-state index contributed by atoms with van der Waals surface area (Å²) in [5.41, 5.74) is 2.29. The third-order valence-electron chi connectivity index (χ3n) is 4.13. The zero-order valence-electron chi connectivity index (χ0n) is 11.7. The molecule has 0 spiro atoms. The van der Waals surface area contributed by atoms with Gasteiger partial charge in [0.25, 0.3) is 0 Å². The van der Waals surface area contributed by atoms with E-state index in [1.54, 1.807) is 23.5 Å². The van der Waals surface area contributed by atoms with Gasteiger partial charge in [0.15, 0.2) is 0 Å². The van der Waals surface area contributed by atoms with Crippen LogP contribution in [-0.2, 0) is 6.42 Å². The van der Waals surface area contributed by atoms with Crippen LogP contribution in [0.25, 0.3) is 0 Å². The average molecular weight is 289 g/mol. The molecule has 3 heteroatoms. The van der Waals surface area contributed by atoms with Crippen LogP contribution in [0.2, 0.25) is 0 Å². The lowest BCUT2D eigenvalue weighted by Crippen LogP contribution is -2.45. The topological polar surface area (TPSA) is 12.0 Å². The molecule has 1 saturated carbocycles. The van der Waals surface area contributed by atoms with E-state index in [1.807, 2.05) is 12.1 Å². The summed E-state index contributed by atoms with van der Waals surface area (Å²) < 4.78 is 13.7. The molecule has 1 atom stereocenters. The van der Waals surface area contributed by atoms with Crippen molar-refractivity contribution in [3.8, 4) is 0 Å². The Morgan fingerprint density at radius 1 is 1.30 bits per heavy atom. The van der Waals surface area contributed by atoms with Crippen LogP contribution in [0.5, 0.6) is 0 Å². The molecule has 0 bridgehead atoms. The fourth-order valence-electron chi connectivity index (χ4n) is 3.04. The van der Waals surface area contributed by atoms with Crippen molar-refractivity contribution in [3.63, 3.8) is 0 Å². The van der Waals surface area contributed by atoms with Gasteiger partial charge in [-0.25, -0.2) is 4.39 Å². The predicted molar refractivity (Wildman–Crippen MR) is 82.8 cm³/mol. The number of thiophene rings is 1. The summed E-state index contributed by atoms with van der Waals surface area (Å²) in [7, 11) is 0. The van der Waals surface area contributed by atoms with Crippen molar-refractivity contribution in [2.75, 3.05) is 0 Å². The van der Waals surface area contributed by atoms with Crippen LogP contribution in [0.1, 0.15) is 36.8 Å². The molecule has 1 aromatic heterocycles. The molecule has 3 rings (SSSR count). The van der Waals surface area contributed by atoms with Gasteiger partial charge in [0.1, 0.15) is 5.82 Å². The molecule has 0 amide bonds. The minimum Gasteiger partial charge on any atom is -0.311 e. The molecular formula is C17H20FNS. The SMILES string of the molecule is CC(Cc1ccsc1)NC1CC(c2ccccc2F)C1. The first-order valence-electron chi connectivity index (χ1n) is 7.24. The fourth-order valence-corrected chi connectivity index (χ4v) is 3.72. The first-order valence-corrected chi connectivity index (χ1v) is 8.18. The molecule has 1 unspecified atom stereocenters. The van der Waals surface area contributed by atoms with Crippen molar-refractivity contribution in [1.29, 1.82) is 0 Å². The molecule has 0 saturated heterocycles. The van der Waals surface area contributed by atoms with E-state index in [2.05, 4.69) is 29.1 Å². The van der Waals surface area contributed by atoms with Crippen LogP contribution in [0.4, 0.5) is 4.39 Å². The predicted octanol–water partition coefficient (Wildman–Crippen LogP) is 4.35. The molecule has 20 heavy (non-hydrogen) atoms. The lowest BCUT2D eigenvalue weighted by Gasteiger charge is -2.38. The summed E-state index contributed by atoms with van der Waals surface area (Å²) in [6.07, 6.45) is 3.17. The van der Waals surface area contributed by atoms with Crippen molar-refractivity contribution in [2.45, 2.75) is 44.2 Å². The van der Waals surface area contributed by atoms with E-state index >= 15 is 0 Å². The van der Waals surface area contributed by atoms with E-state index in [9.17, 15) is 4.39 Å². The van der Waals surface area contributed by atoms with Crippen LogP contribution < -0.4 is 5.32 Å². The molecule has 1 nitrogen and oxygen atoms in total. The Morgan fingerprint density at radius 2 is 2.10 bits per heavy atom. The van der Waals surface area contributed by atoms with Crippen molar-refractivity contribution >= 4 is 11.3 Å². The summed E-state index contributed by atoms with van der Waals surface area (Å²) in [5, 5.41) is 7.99. The van der Waals surface area contributed by atoms with Gasteiger partial charge < -0.3 is 5.32 Å². The second-order valence-corrected chi connectivity index (χ2v) is 6.57. The summed E-state index contributed by atoms with van der Waals surface area (Å²) in [6.45, 7) is 2.23. The van der Waals surface area contributed by atoms with Crippen LogP contribution >= 0.6 is 11.3 Å². The molecule has 1 heterocycles. The molecule has 1 N–H and O–H groups in total. The average Bonchev–Trinajstić information content (AvgIpc) is 2.87. The first-order chi connectivity index (χ1) is 9.72. The van der Waals surface area contributed by atoms with Gasteiger partial charge in [-0.15, -0.1) is 0 Å². The Morgan fingerprint density at radius 3 is 2.80 bits per heavy atom. The Bertz CT molecular complexity index is 546. The molecule has 1 fully saturated rings. The minimum atomic E-state index is -0.0535. The number of benzene rings is 1. The lowest BCUT2D eigenvalue weighted by atomic mass is 9.75. The van der Waals surface area contributed by atoms with Crippen LogP contribution in [0.15, 0.2) is 41.1 Å². The van der Waals surface area contributed by atoms with Gasteiger partial charge >= 0.3 is 0 Å². The maximum absolute atomic E-state index is 13.7. The second-order valence-electron chi connectivity index (χ2n) is 5.79. The first kappa shape index (κ1) is 13.8. The zero-order chi connectivity index (χ0) is 13.9. The van der Waals surface area contributed by atoms with E-state index in [0.717, 1.165) is 24.8 Å². The van der Waals surface area contributed by atoms with Crippen molar-refractivity contribution < 1.29 is 4.39 Å². The maximum Gasteiger partial charge on any atom is 0.126 e. The molecule has 2 aromatic rings. The van der Waals surface area contributed by atoms with E-state index < -0.39 is 0 Å². The third-order valence-corrected chi connectivity index (χ3v) is 4.86. The van der Waals surface area contributed by atoms with Crippen LogP contribution in [0.3, 0.4) is 0 Å². The normalized spacial score (nSPS) is 23.3. The summed E-state index contributed by atoms with van der Waals surface area (Å²) in [4.78, 5) is 0. The molecule has 106 valence electrons. The molecular weight excluding hydrogens is 269 g/mol. The van der Waals surface area contributed by atoms with Gasteiger partial charge in [-0.1, -0.05) is 18.2 Å². The number of hydrogen-bond donors (Lipinski definition) is 1. The van der Waals surface area contributed by atoms with Crippen molar-refractivity contribution in [3.05, 3.63) is 58.0 Å². The van der Waals surface area contributed by atoms with Crippen molar-refractivity contribution in [1.82, 2.24) is 5.32 Å². The smallest absolute Gasteiger partial charge is 0.126 e. The van der Waals surface area contributed by atoms with E-state index in [1.165, 1.54) is 5.56 Å². The van der Waals surface area contributed by atoms with Gasteiger partial charge in [-0.2, -0.15) is 11.3 Å². The molecule has 0 radical (unpaired) electrons. The van der Waals surface area contributed by atoms with Crippen molar-refractivity contribution in [2.24, 2.45) is 0 Å². The highest BCUT2D eigenvalue weighted by molar-refractivity contribution is 7.07. The highest BCUT2D eigenvalue weighted by Gasteiger charge is 2.32. The second kappa shape index (κ2) is 6.06. The fraction of sp³-hybridized carbons (Fsp3) is 0.412. The summed E-state index contributed by atoms with van der Waals surface area (Å²) in [5.74, 6) is 0.337. The highest BCUT2D eigenvalue weighted by atomic mass is 32.1. The number of rotatable bonds is 5. The summed E-state index contributed by atoms with van der Waals surface area (Å²) >= 11 is 1.75. The Labute approximate surface area is 123 Å². The van der Waals surface area contributed by atoms with Gasteiger partial charge in [-0.3, -0.25) is 0 Å². The standard InChI is InChI=1S/C17H20FNS/c1-12(8-13-6-7-20-11-13)19-15-9-14(10-15)16-4-2-3-5-17(16)18/h2-7,11-12,14-15,19H,8-10H2,1H3. The van der Waals surface area contributed by atoms with E-state index in [0.29, 0.717) is 18.0 Å².